The van der Waals surface area contributed by atoms with E-state index in [1.165, 1.54) is 0 Å². The predicted octanol–water partition coefficient (Wildman–Crippen LogP) is 0.934. The lowest BCUT2D eigenvalue weighted by atomic mass is 10.2. The molecule has 0 aromatic heterocycles. The van der Waals surface area contributed by atoms with Gasteiger partial charge in [0.05, 0.1) is 19.8 Å². The molecule has 2 heterocycles. The summed E-state index contributed by atoms with van der Waals surface area (Å²) in [6, 6.07) is -0.197. The van der Waals surface area contributed by atoms with Gasteiger partial charge in [-0.2, -0.15) is 34.7 Å². The number of hydrogen-bond acceptors (Lipinski definition) is 9. The molecule has 2 fully saturated rings. The van der Waals surface area contributed by atoms with Crippen molar-refractivity contribution >= 4 is 30.9 Å². The van der Waals surface area contributed by atoms with E-state index >= 15 is 0 Å². The highest BCUT2D eigenvalue weighted by Gasteiger charge is 2.22. The summed E-state index contributed by atoms with van der Waals surface area (Å²) in [5.74, 6) is 0. The van der Waals surface area contributed by atoms with Crippen LogP contribution in [0.2, 0.25) is 0 Å². The molecule has 15 heteroatoms. The van der Waals surface area contributed by atoms with Crippen LogP contribution in [0.3, 0.4) is 0 Å². The van der Waals surface area contributed by atoms with E-state index in [1.54, 1.807) is 12.2 Å². The number of allylic oxidation sites excluding steroid dienone is 4. The molecule has 2 aliphatic heterocycles. The Balaban J connectivity index is 0.000000465. The van der Waals surface area contributed by atoms with Crippen LogP contribution >= 0.6 is 0 Å². The molecule has 0 radical (unpaired) electrons. The first-order valence-electron chi connectivity index (χ1n) is 10.2. The van der Waals surface area contributed by atoms with Gasteiger partial charge in [-0.3, -0.25) is 12.5 Å². The summed E-state index contributed by atoms with van der Waals surface area (Å²) in [5.41, 5.74) is 0. The average molecular weight is 534 g/mol. The lowest BCUT2D eigenvalue weighted by Crippen LogP contribution is -2.40. The Hall–Kier alpha value is -1.17. The minimum absolute atomic E-state index is 0.0984. The van der Waals surface area contributed by atoms with E-state index < -0.39 is 30.9 Å². The molecule has 2 rings (SSSR count). The molecule has 33 heavy (non-hydrogen) atoms. The van der Waals surface area contributed by atoms with Crippen molar-refractivity contribution in [3.8, 4) is 0 Å². The fourth-order valence-corrected chi connectivity index (χ4v) is 4.66. The fraction of sp³-hybridized carbons (Fsp3) is 0.667. The molecule has 12 nitrogen and oxygen atoms in total. The van der Waals surface area contributed by atoms with Gasteiger partial charge in [-0.25, -0.2) is 5.14 Å². The maximum absolute atomic E-state index is 10.8. The van der Waals surface area contributed by atoms with Crippen LogP contribution in [0.5, 0.6) is 0 Å². The van der Waals surface area contributed by atoms with Crippen LogP contribution in [-0.4, -0.2) is 57.2 Å². The second-order valence-corrected chi connectivity index (χ2v) is 10.6. The summed E-state index contributed by atoms with van der Waals surface area (Å²) in [7, 11) is -10.6. The Bertz CT molecular complexity index is 890. The van der Waals surface area contributed by atoms with Crippen molar-refractivity contribution in [3.05, 3.63) is 36.5 Å². The number of rotatable bonds is 7. The van der Waals surface area contributed by atoms with Crippen LogP contribution in [0.4, 0.5) is 0 Å². The van der Waals surface area contributed by atoms with Crippen molar-refractivity contribution in [2.45, 2.75) is 58.5 Å². The van der Waals surface area contributed by atoms with Gasteiger partial charge in [-0.05, 0) is 46.5 Å². The highest BCUT2D eigenvalue weighted by molar-refractivity contribution is 7.85. The third-order valence-electron chi connectivity index (χ3n) is 3.77. The molecule has 0 spiro atoms. The molecule has 0 aromatic carbocycles. The van der Waals surface area contributed by atoms with Crippen molar-refractivity contribution < 1.29 is 37.8 Å². The Morgan fingerprint density at radius 1 is 0.909 bits per heavy atom. The topological polar surface area (TPSA) is 180 Å². The van der Waals surface area contributed by atoms with Crippen LogP contribution < -0.4 is 14.6 Å². The van der Waals surface area contributed by atoms with Crippen molar-refractivity contribution in [2.75, 3.05) is 19.8 Å². The smallest absolute Gasteiger partial charge is 0.258 e. The van der Waals surface area contributed by atoms with Gasteiger partial charge in [0, 0.05) is 12.1 Å². The molecule has 2 atom stereocenters. The minimum atomic E-state index is -3.74. The first kappa shape index (κ1) is 31.8. The molecule has 0 aliphatic carbocycles. The maximum Gasteiger partial charge on any atom is 0.336 e. The van der Waals surface area contributed by atoms with E-state index in [1.807, 2.05) is 45.1 Å². The van der Waals surface area contributed by atoms with E-state index in [0.29, 0.717) is 19.3 Å². The largest absolute Gasteiger partial charge is 0.336 e. The molecule has 0 amide bonds. The number of nitrogens with one attached hydrogen (secondary N) is 2. The Morgan fingerprint density at radius 3 is 1.70 bits per heavy atom. The Kier molecular flexibility index (Phi) is 15.9. The van der Waals surface area contributed by atoms with Crippen molar-refractivity contribution in [1.82, 2.24) is 9.44 Å². The van der Waals surface area contributed by atoms with Gasteiger partial charge in [0.2, 0.25) is 0 Å². The molecular weight excluding hydrogens is 498 g/mol. The number of nitrogens with two attached hydrogens (primary N) is 1. The fourth-order valence-electron chi connectivity index (χ4n) is 2.40. The van der Waals surface area contributed by atoms with Crippen molar-refractivity contribution in [3.63, 3.8) is 0 Å². The van der Waals surface area contributed by atoms with Gasteiger partial charge in [-0.15, -0.1) is 0 Å². The van der Waals surface area contributed by atoms with E-state index in [0.717, 1.165) is 6.42 Å². The van der Waals surface area contributed by atoms with Gasteiger partial charge in [-0.1, -0.05) is 36.5 Å². The summed E-state index contributed by atoms with van der Waals surface area (Å²) < 4.78 is 81.4. The molecule has 2 saturated heterocycles. The molecule has 2 unspecified atom stereocenters. The van der Waals surface area contributed by atoms with Crippen LogP contribution in [0.1, 0.15) is 46.5 Å². The predicted molar refractivity (Wildman–Crippen MR) is 126 cm³/mol. The first-order chi connectivity index (χ1) is 15.3. The van der Waals surface area contributed by atoms with Gasteiger partial charge < -0.3 is 0 Å². The number of hydrogen-bond donors (Lipinski definition) is 3. The molecule has 194 valence electrons. The monoisotopic (exact) mass is 533 g/mol. The summed E-state index contributed by atoms with van der Waals surface area (Å²) in [6.45, 7) is 6.30. The van der Waals surface area contributed by atoms with Gasteiger partial charge in [0.1, 0.15) is 0 Å². The summed E-state index contributed by atoms with van der Waals surface area (Å²) >= 11 is 0. The SMILES string of the molecule is C/C=C/C1CCOS(=O)(=O)N1.C/C=C\C1CCOS(=O)(=O)N1.C/C=C\CCCOS(N)(=O)=O. The highest BCUT2D eigenvalue weighted by atomic mass is 32.2. The van der Waals surface area contributed by atoms with Gasteiger partial charge >= 0.3 is 30.9 Å². The molecule has 4 N–H and O–H groups in total. The van der Waals surface area contributed by atoms with E-state index in [2.05, 4.69) is 27.1 Å². The summed E-state index contributed by atoms with van der Waals surface area (Å²) in [4.78, 5) is 0. The minimum Gasteiger partial charge on any atom is -0.258 e. The summed E-state index contributed by atoms with van der Waals surface area (Å²) in [5, 5.41) is 4.58. The quantitative estimate of drug-likeness (QED) is 0.317. The molecular formula is C18H35N3O9S3. The first-order valence-corrected chi connectivity index (χ1v) is 14.5. The lowest BCUT2D eigenvalue weighted by molar-refractivity contribution is 0.268. The second-order valence-electron chi connectivity index (χ2n) is 6.66. The standard InChI is InChI=1S/2C6H11NO3S.C6H13NO3S/c2*1-2-3-6-4-5-10-11(8,9)7-6;1-2-3-4-5-6-10-11(7,8)9/h2*2-3,6-7H,4-5H2,1H3;2-3H,4-6H2,1H3,(H2,7,8,9)/b3-2+;2*3-2-. The second kappa shape index (κ2) is 16.5. The van der Waals surface area contributed by atoms with Gasteiger partial charge in [0.15, 0.2) is 0 Å². The normalized spacial score (nSPS) is 24.7. The van der Waals surface area contributed by atoms with E-state index in [-0.39, 0.29) is 31.9 Å². The lowest BCUT2D eigenvalue weighted by Gasteiger charge is -2.19. The summed E-state index contributed by atoms with van der Waals surface area (Å²) in [6.07, 6.45) is 14.0. The molecule has 2 aliphatic rings. The Morgan fingerprint density at radius 2 is 1.36 bits per heavy atom. The third-order valence-corrected chi connectivity index (χ3v) is 6.41. The zero-order valence-electron chi connectivity index (χ0n) is 19.0. The van der Waals surface area contributed by atoms with E-state index in [4.69, 9.17) is 0 Å². The van der Waals surface area contributed by atoms with Crippen molar-refractivity contribution in [2.24, 2.45) is 5.14 Å². The van der Waals surface area contributed by atoms with Crippen LogP contribution in [0.15, 0.2) is 36.5 Å². The molecule has 0 bridgehead atoms. The van der Waals surface area contributed by atoms with Crippen molar-refractivity contribution in [1.29, 1.82) is 0 Å². The van der Waals surface area contributed by atoms with E-state index in [9.17, 15) is 25.3 Å². The average Bonchev–Trinajstić information content (AvgIpc) is 2.67. The molecule has 0 saturated carbocycles. The molecule has 0 aromatic rings. The zero-order chi connectivity index (χ0) is 25.4. The van der Waals surface area contributed by atoms with Crippen LogP contribution in [0, 0.1) is 0 Å². The third kappa shape index (κ3) is 18.9. The van der Waals surface area contributed by atoms with Gasteiger partial charge in [0.25, 0.3) is 0 Å². The maximum atomic E-state index is 10.8. The van der Waals surface area contributed by atoms with Crippen LogP contribution in [-0.2, 0) is 43.5 Å². The highest BCUT2D eigenvalue weighted by Crippen LogP contribution is 2.07. The number of unbranched alkanes of at least 4 members (excludes halogenated alkanes) is 1. The Labute approximate surface area is 198 Å². The van der Waals surface area contributed by atoms with Crippen LogP contribution in [0.25, 0.3) is 0 Å². The zero-order valence-corrected chi connectivity index (χ0v) is 21.5.